The van der Waals surface area contributed by atoms with Crippen LogP contribution in [0, 0.1) is 0 Å². The van der Waals surface area contributed by atoms with Gasteiger partial charge in [-0.05, 0) is 11.6 Å². The molecule has 0 radical (unpaired) electrons. The van der Waals surface area contributed by atoms with Gasteiger partial charge in [-0.25, -0.2) is 9.79 Å². The van der Waals surface area contributed by atoms with Crippen LogP contribution in [0.3, 0.4) is 0 Å². The number of aryl methyl sites for hydroxylation is 1. The van der Waals surface area contributed by atoms with Crippen molar-refractivity contribution < 1.29 is 4.79 Å². The Morgan fingerprint density at radius 2 is 2.43 bits per heavy atom. The summed E-state index contributed by atoms with van der Waals surface area (Å²) in [5.41, 5.74) is 2.04. The van der Waals surface area contributed by atoms with E-state index in [4.69, 9.17) is 0 Å². The molecule has 4 heteroatoms. The van der Waals surface area contributed by atoms with Gasteiger partial charge in [-0.2, -0.15) is 5.10 Å². The molecule has 0 aliphatic heterocycles. The summed E-state index contributed by atoms with van der Waals surface area (Å²) >= 11 is 0. The quantitative estimate of drug-likeness (QED) is 0.527. The van der Waals surface area contributed by atoms with Crippen LogP contribution < -0.4 is 0 Å². The summed E-state index contributed by atoms with van der Waals surface area (Å²) in [7, 11) is 1.88. The average Bonchev–Trinajstić information content (AvgIpc) is 2.57. The van der Waals surface area contributed by atoms with E-state index < -0.39 is 0 Å². The highest BCUT2D eigenvalue weighted by molar-refractivity contribution is 5.79. The van der Waals surface area contributed by atoms with Crippen LogP contribution in [0.5, 0.6) is 0 Å². The Morgan fingerprint density at radius 1 is 1.57 bits per heavy atom. The Hall–Kier alpha value is -1.93. The molecular formula is C10H9N3O. The number of carbonyl (C=O) groups excluding carboxylic acids is 1. The lowest BCUT2D eigenvalue weighted by atomic mass is 10.2. The summed E-state index contributed by atoms with van der Waals surface area (Å²) in [6.45, 7) is 0.380. The fourth-order valence-corrected chi connectivity index (χ4v) is 1.41. The van der Waals surface area contributed by atoms with Gasteiger partial charge in [-0.3, -0.25) is 4.68 Å². The summed E-state index contributed by atoms with van der Waals surface area (Å²) in [6.07, 6.45) is 3.33. The summed E-state index contributed by atoms with van der Waals surface area (Å²) in [5.74, 6) is 0. The zero-order valence-electron chi connectivity index (χ0n) is 7.77. The van der Waals surface area contributed by atoms with E-state index in [1.54, 1.807) is 4.68 Å². The van der Waals surface area contributed by atoms with Gasteiger partial charge in [0.25, 0.3) is 0 Å². The summed E-state index contributed by atoms with van der Waals surface area (Å²) in [6, 6.07) is 5.88. The first-order chi connectivity index (χ1) is 6.81. The zero-order valence-corrected chi connectivity index (χ0v) is 7.77. The van der Waals surface area contributed by atoms with Crippen LogP contribution in [-0.4, -0.2) is 15.9 Å². The van der Waals surface area contributed by atoms with Crippen LogP contribution in [0.2, 0.25) is 0 Å². The van der Waals surface area contributed by atoms with Crippen LogP contribution in [0.4, 0.5) is 0 Å². The second-order valence-electron chi connectivity index (χ2n) is 3.07. The van der Waals surface area contributed by atoms with Crippen molar-refractivity contribution in [1.29, 1.82) is 0 Å². The smallest absolute Gasteiger partial charge is 0.235 e. The summed E-state index contributed by atoms with van der Waals surface area (Å²) < 4.78 is 1.80. The average molecular weight is 187 g/mol. The molecule has 1 aromatic carbocycles. The minimum absolute atomic E-state index is 0.380. The van der Waals surface area contributed by atoms with Crippen molar-refractivity contribution in [3.05, 3.63) is 30.0 Å². The number of rotatable bonds is 2. The van der Waals surface area contributed by atoms with E-state index >= 15 is 0 Å². The Kier molecular flexibility index (Phi) is 2.13. The Labute approximate surface area is 80.9 Å². The first-order valence-corrected chi connectivity index (χ1v) is 4.25. The van der Waals surface area contributed by atoms with E-state index in [0.29, 0.717) is 6.54 Å². The number of isocyanates is 1. The third kappa shape index (κ3) is 1.43. The molecule has 0 atom stereocenters. The molecule has 1 aromatic heterocycles. The molecule has 14 heavy (non-hydrogen) atoms. The first-order valence-electron chi connectivity index (χ1n) is 4.25. The van der Waals surface area contributed by atoms with Gasteiger partial charge < -0.3 is 0 Å². The molecule has 0 N–H and O–H groups in total. The molecule has 2 aromatic rings. The summed E-state index contributed by atoms with van der Waals surface area (Å²) in [4.78, 5) is 13.5. The van der Waals surface area contributed by atoms with Crippen molar-refractivity contribution in [2.45, 2.75) is 6.54 Å². The molecule has 0 aliphatic carbocycles. The second kappa shape index (κ2) is 3.44. The maximum Gasteiger partial charge on any atom is 0.235 e. The molecule has 0 unspecified atom stereocenters. The largest absolute Gasteiger partial charge is 0.268 e. The number of aromatic nitrogens is 2. The highest BCUT2D eigenvalue weighted by Crippen LogP contribution is 2.15. The van der Waals surface area contributed by atoms with Crippen molar-refractivity contribution in [3.8, 4) is 0 Å². The van der Waals surface area contributed by atoms with E-state index in [0.717, 1.165) is 16.5 Å². The highest BCUT2D eigenvalue weighted by atomic mass is 16.1. The molecule has 2 rings (SSSR count). The van der Waals surface area contributed by atoms with Crippen molar-refractivity contribution in [3.63, 3.8) is 0 Å². The fourth-order valence-electron chi connectivity index (χ4n) is 1.41. The van der Waals surface area contributed by atoms with Gasteiger partial charge in [0, 0.05) is 12.4 Å². The number of nitrogens with zero attached hydrogens (tertiary/aromatic N) is 3. The second-order valence-corrected chi connectivity index (χ2v) is 3.07. The topological polar surface area (TPSA) is 47.2 Å². The normalized spacial score (nSPS) is 10.1. The van der Waals surface area contributed by atoms with Gasteiger partial charge >= 0.3 is 0 Å². The van der Waals surface area contributed by atoms with E-state index in [2.05, 4.69) is 10.1 Å². The molecular weight excluding hydrogens is 178 g/mol. The first kappa shape index (κ1) is 8.66. The third-order valence-electron chi connectivity index (χ3n) is 2.14. The van der Waals surface area contributed by atoms with E-state index in [9.17, 15) is 4.79 Å². The SMILES string of the molecule is Cn1ncc2ccc(CN=C=O)cc21. The lowest BCUT2D eigenvalue weighted by Gasteiger charge is -1.97. The van der Waals surface area contributed by atoms with Crippen LogP contribution in [0.1, 0.15) is 5.56 Å². The molecule has 0 aliphatic rings. The van der Waals surface area contributed by atoms with E-state index in [1.165, 1.54) is 6.08 Å². The molecule has 0 fully saturated rings. The number of benzene rings is 1. The van der Waals surface area contributed by atoms with Crippen molar-refractivity contribution in [2.75, 3.05) is 0 Å². The number of fused-ring (bicyclic) bond motifs is 1. The van der Waals surface area contributed by atoms with Gasteiger partial charge in [0.1, 0.15) is 0 Å². The summed E-state index contributed by atoms with van der Waals surface area (Å²) in [5, 5.41) is 5.22. The maximum atomic E-state index is 9.95. The molecule has 0 saturated carbocycles. The van der Waals surface area contributed by atoms with Crippen molar-refractivity contribution in [1.82, 2.24) is 9.78 Å². The van der Waals surface area contributed by atoms with Crippen molar-refractivity contribution >= 4 is 17.0 Å². The van der Waals surface area contributed by atoms with E-state index in [-0.39, 0.29) is 0 Å². The Bertz CT molecular complexity index is 509. The number of hydrogen-bond donors (Lipinski definition) is 0. The van der Waals surface area contributed by atoms with Gasteiger partial charge in [0.05, 0.1) is 18.3 Å². The molecule has 1 heterocycles. The van der Waals surface area contributed by atoms with Crippen molar-refractivity contribution in [2.24, 2.45) is 12.0 Å². The number of hydrogen-bond acceptors (Lipinski definition) is 3. The molecule has 0 saturated heterocycles. The van der Waals surface area contributed by atoms with Crippen LogP contribution in [-0.2, 0) is 18.4 Å². The van der Waals surface area contributed by atoms with Crippen LogP contribution >= 0.6 is 0 Å². The Balaban J connectivity index is 2.48. The molecule has 0 spiro atoms. The monoisotopic (exact) mass is 187 g/mol. The third-order valence-corrected chi connectivity index (χ3v) is 2.14. The maximum absolute atomic E-state index is 9.95. The van der Waals surface area contributed by atoms with Gasteiger partial charge in [-0.1, -0.05) is 12.1 Å². The van der Waals surface area contributed by atoms with Gasteiger partial charge in [-0.15, -0.1) is 0 Å². The fraction of sp³-hybridized carbons (Fsp3) is 0.200. The Morgan fingerprint density at radius 3 is 3.21 bits per heavy atom. The minimum atomic E-state index is 0.380. The molecule has 0 amide bonds. The van der Waals surface area contributed by atoms with Gasteiger partial charge in [0.15, 0.2) is 0 Å². The molecule has 70 valence electrons. The lowest BCUT2D eigenvalue weighted by Crippen LogP contribution is -1.89. The predicted molar refractivity (Wildman–Crippen MR) is 52.5 cm³/mol. The van der Waals surface area contributed by atoms with Crippen LogP contribution in [0.25, 0.3) is 10.9 Å². The lowest BCUT2D eigenvalue weighted by molar-refractivity contribution is 0.563. The van der Waals surface area contributed by atoms with Crippen LogP contribution in [0.15, 0.2) is 29.4 Å². The number of aliphatic imine (C=N–C) groups is 1. The molecule has 0 bridgehead atoms. The zero-order chi connectivity index (χ0) is 9.97. The van der Waals surface area contributed by atoms with Gasteiger partial charge in [0.2, 0.25) is 6.08 Å². The standard InChI is InChI=1S/C10H9N3O/c1-13-10-4-8(5-11-7-14)2-3-9(10)6-12-13/h2-4,6H,5H2,1H3. The highest BCUT2D eigenvalue weighted by Gasteiger charge is 1.99. The predicted octanol–water partition coefficient (Wildman–Crippen LogP) is 1.41. The van der Waals surface area contributed by atoms with E-state index in [1.807, 2.05) is 31.4 Å². The molecule has 4 nitrogen and oxygen atoms in total. The minimum Gasteiger partial charge on any atom is -0.268 e.